The minimum absolute atomic E-state index is 0.277. The van der Waals surface area contributed by atoms with E-state index in [1.54, 1.807) is 33.8 Å². The lowest BCUT2D eigenvalue weighted by Gasteiger charge is -2.30. The van der Waals surface area contributed by atoms with Crippen LogP contribution in [-0.4, -0.2) is 35.4 Å². The molecule has 4 rings (SSSR count). The topological polar surface area (TPSA) is 123 Å². The summed E-state index contributed by atoms with van der Waals surface area (Å²) in [4.78, 5) is 25.2. The maximum Gasteiger partial charge on any atom is 0.337 e. The standard InChI is InChI=1S/C29H30N2O5/c1-16-23(27(31)32)19-7-5-6-8-20(19)25(24(16)26(28(33)34)36-29(2,3)4)18-9-10-22-21(15-18)17(11-13-30)12-14-35-22/h5-11,13,15,26,30H,12,14H2,1-4H3,(H2,31,32)(H,33,34). The van der Waals surface area contributed by atoms with Crippen molar-refractivity contribution in [3.63, 3.8) is 0 Å². The van der Waals surface area contributed by atoms with E-state index < -0.39 is 23.6 Å². The molecule has 7 nitrogen and oxygen atoms in total. The summed E-state index contributed by atoms with van der Waals surface area (Å²) in [5.41, 5.74) is 9.40. The number of primary amides is 1. The summed E-state index contributed by atoms with van der Waals surface area (Å²) < 4.78 is 11.9. The number of nitrogens with one attached hydrogen (secondary N) is 1. The Hall–Kier alpha value is -3.97. The molecule has 3 aromatic carbocycles. The van der Waals surface area contributed by atoms with Gasteiger partial charge in [0.15, 0.2) is 6.10 Å². The molecule has 0 saturated carbocycles. The van der Waals surface area contributed by atoms with E-state index in [0.29, 0.717) is 46.2 Å². The predicted molar refractivity (Wildman–Crippen MR) is 141 cm³/mol. The Kier molecular flexibility index (Phi) is 6.69. The third kappa shape index (κ3) is 4.62. The lowest BCUT2D eigenvalue weighted by molar-refractivity contribution is -0.160. The summed E-state index contributed by atoms with van der Waals surface area (Å²) >= 11 is 0. The molecule has 3 aromatic rings. The number of carbonyl (C=O) groups excluding carboxylic acids is 1. The first-order chi connectivity index (χ1) is 17.0. The number of hydrogen-bond acceptors (Lipinski definition) is 5. The average Bonchev–Trinajstić information content (AvgIpc) is 2.81. The summed E-state index contributed by atoms with van der Waals surface area (Å²) in [6.07, 6.45) is 2.31. The number of aliphatic carboxylic acids is 1. The normalized spacial score (nSPS) is 15.3. The van der Waals surface area contributed by atoms with E-state index in [2.05, 4.69) is 0 Å². The van der Waals surface area contributed by atoms with Crippen LogP contribution in [0.15, 0.2) is 48.5 Å². The third-order valence-corrected chi connectivity index (χ3v) is 6.25. The van der Waals surface area contributed by atoms with Crippen LogP contribution in [0.2, 0.25) is 0 Å². The van der Waals surface area contributed by atoms with Crippen LogP contribution < -0.4 is 10.5 Å². The SMILES string of the molecule is Cc1c(C(OC(C)(C)C)C(=O)O)c(-c2ccc3c(c2)C(=CC=N)CCO3)c2ccccc2c1C(N)=O. The Morgan fingerprint density at radius 3 is 2.47 bits per heavy atom. The second kappa shape index (κ2) is 9.59. The number of carbonyl (C=O) groups is 2. The van der Waals surface area contributed by atoms with E-state index >= 15 is 0 Å². The summed E-state index contributed by atoms with van der Waals surface area (Å²) in [5, 5.41) is 19.2. The van der Waals surface area contributed by atoms with E-state index in [1.807, 2.05) is 42.5 Å². The van der Waals surface area contributed by atoms with Gasteiger partial charge < -0.3 is 25.7 Å². The van der Waals surface area contributed by atoms with Crippen LogP contribution in [0, 0.1) is 12.3 Å². The number of rotatable bonds is 6. The van der Waals surface area contributed by atoms with Gasteiger partial charge in [-0.1, -0.05) is 30.3 Å². The van der Waals surface area contributed by atoms with Crippen LogP contribution in [0.5, 0.6) is 5.75 Å². The number of carboxylic acids is 1. The zero-order valence-electron chi connectivity index (χ0n) is 20.8. The van der Waals surface area contributed by atoms with Gasteiger partial charge in [0.1, 0.15) is 5.75 Å². The van der Waals surface area contributed by atoms with Crippen molar-refractivity contribution >= 4 is 34.4 Å². The molecule has 186 valence electrons. The van der Waals surface area contributed by atoms with E-state index in [0.717, 1.165) is 16.7 Å². The Balaban J connectivity index is 2.14. The summed E-state index contributed by atoms with van der Waals surface area (Å²) in [5.74, 6) is -1.09. The molecule has 4 N–H and O–H groups in total. The molecule has 0 radical (unpaired) electrons. The van der Waals surface area contributed by atoms with Gasteiger partial charge in [-0.25, -0.2) is 4.79 Å². The summed E-state index contributed by atoms with van der Waals surface area (Å²) in [7, 11) is 0. The number of carboxylic acid groups (broad SMARTS) is 1. The molecule has 1 amide bonds. The molecular weight excluding hydrogens is 456 g/mol. The van der Waals surface area contributed by atoms with Gasteiger partial charge in [0.05, 0.1) is 17.8 Å². The van der Waals surface area contributed by atoms with E-state index in [9.17, 15) is 14.7 Å². The molecule has 1 atom stereocenters. The highest BCUT2D eigenvalue weighted by Gasteiger charge is 2.34. The van der Waals surface area contributed by atoms with Crippen LogP contribution >= 0.6 is 0 Å². The van der Waals surface area contributed by atoms with Gasteiger partial charge in [0, 0.05) is 23.8 Å². The first-order valence-corrected chi connectivity index (χ1v) is 11.8. The van der Waals surface area contributed by atoms with E-state index in [4.69, 9.17) is 20.6 Å². The predicted octanol–water partition coefficient (Wildman–Crippen LogP) is 5.67. The van der Waals surface area contributed by atoms with Crippen molar-refractivity contribution < 1.29 is 24.2 Å². The quantitative estimate of drug-likeness (QED) is 0.387. The second-order valence-corrected chi connectivity index (χ2v) is 9.81. The Bertz CT molecular complexity index is 1420. The van der Waals surface area contributed by atoms with Crippen molar-refractivity contribution in [3.05, 3.63) is 70.8 Å². The molecule has 7 heteroatoms. The molecule has 1 aliphatic rings. The monoisotopic (exact) mass is 486 g/mol. The number of benzene rings is 3. The van der Waals surface area contributed by atoms with Crippen LogP contribution in [0.1, 0.15) is 60.3 Å². The van der Waals surface area contributed by atoms with E-state index in [-0.39, 0.29) is 5.56 Å². The van der Waals surface area contributed by atoms with Gasteiger partial charge in [-0.05, 0) is 78.9 Å². The third-order valence-electron chi connectivity index (χ3n) is 6.25. The van der Waals surface area contributed by atoms with Crippen molar-refractivity contribution in [2.75, 3.05) is 6.61 Å². The van der Waals surface area contributed by atoms with E-state index in [1.165, 1.54) is 6.21 Å². The Morgan fingerprint density at radius 1 is 1.17 bits per heavy atom. The van der Waals surface area contributed by atoms with Crippen molar-refractivity contribution in [2.24, 2.45) is 5.73 Å². The molecule has 0 fully saturated rings. The Labute approximate surface area is 210 Å². The molecule has 0 saturated heterocycles. The fourth-order valence-corrected chi connectivity index (χ4v) is 4.87. The van der Waals surface area contributed by atoms with Gasteiger partial charge >= 0.3 is 5.97 Å². The fraction of sp³-hybridized carbons (Fsp3) is 0.276. The number of hydrogen-bond donors (Lipinski definition) is 3. The molecule has 0 aliphatic carbocycles. The Morgan fingerprint density at radius 2 is 1.86 bits per heavy atom. The van der Waals surface area contributed by atoms with Gasteiger partial charge in [0.25, 0.3) is 0 Å². The van der Waals surface area contributed by atoms with Crippen LogP contribution in [-0.2, 0) is 9.53 Å². The summed E-state index contributed by atoms with van der Waals surface area (Å²) in [6.45, 7) is 7.61. The summed E-state index contributed by atoms with van der Waals surface area (Å²) in [6, 6.07) is 13.0. The van der Waals surface area contributed by atoms with Gasteiger partial charge in [0.2, 0.25) is 5.91 Å². The molecule has 1 unspecified atom stereocenters. The van der Waals surface area contributed by atoms with Gasteiger partial charge in [-0.15, -0.1) is 0 Å². The number of amides is 1. The fourth-order valence-electron chi connectivity index (χ4n) is 4.87. The average molecular weight is 487 g/mol. The maximum absolute atomic E-state index is 12.6. The lowest BCUT2D eigenvalue weighted by Crippen LogP contribution is -2.29. The van der Waals surface area contributed by atoms with Gasteiger partial charge in [-0.3, -0.25) is 4.79 Å². The zero-order chi connectivity index (χ0) is 26.2. The van der Waals surface area contributed by atoms with Crippen LogP contribution in [0.25, 0.3) is 27.5 Å². The molecule has 0 spiro atoms. The highest BCUT2D eigenvalue weighted by atomic mass is 16.5. The van der Waals surface area contributed by atoms with Crippen molar-refractivity contribution in [3.8, 4) is 16.9 Å². The highest BCUT2D eigenvalue weighted by molar-refractivity contribution is 6.13. The van der Waals surface area contributed by atoms with Crippen LogP contribution in [0.3, 0.4) is 0 Å². The molecule has 36 heavy (non-hydrogen) atoms. The lowest BCUT2D eigenvalue weighted by atomic mass is 9.82. The van der Waals surface area contributed by atoms with Crippen molar-refractivity contribution in [1.82, 2.24) is 0 Å². The number of ether oxygens (including phenoxy) is 2. The molecule has 1 heterocycles. The number of allylic oxidation sites excluding steroid dienone is 1. The first kappa shape index (κ1) is 25.1. The number of nitrogens with two attached hydrogens (primary N) is 1. The minimum Gasteiger partial charge on any atom is -0.493 e. The second-order valence-electron chi connectivity index (χ2n) is 9.81. The largest absolute Gasteiger partial charge is 0.493 e. The molecule has 0 aromatic heterocycles. The highest BCUT2D eigenvalue weighted by Crippen LogP contribution is 2.44. The van der Waals surface area contributed by atoms with Crippen molar-refractivity contribution in [2.45, 2.75) is 45.8 Å². The zero-order valence-corrected chi connectivity index (χ0v) is 20.8. The van der Waals surface area contributed by atoms with Crippen molar-refractivity contribution in [1.29, 1.82) is 5.41 Å². The number of fused-ring (bicyclic) bond motifs is 2. The van der Waals surface area contributed by atoms with Crippen LogP contribution in [0.4, 0.5) is 0 Å². The first-order valence-electron chi connectivity index (χ1n) is 11.8. The van der Waals surface area contributed by atoms with Gasteiger partial charge in [-0.2, -0.15) is 0 Å². The molecular formula is C29H30N2O5. The smallest absolute Gasteiger partial charge is 0.337 e. The molecule has 0 bridgehead atoms. The molecule has 1 aliphatic heterocycles. The minimum atomic E-state index is -1.34. The maximum atomic E-state index is 12.6.